The maximum Gasteiger partial charge on any atom is 0.300 e. The van der Waals surface area contributed by atoms with E-state index in [-0.39, 0.29) is 16.8 Å². The molecular weight excluding hydrogens is 472 g/mol. The number of amides is 1. The lowest BCUT2D eigenvalue weighted by molar-refractivity contribution is -0.132. The fourth-order valence-corrected chi connectivity index (χ4v) is 4.09. The van der Waals surface area contributed by atoms with E-state index in [1.54, 1.807) is 37.3 Å². The Morgan fingerprint density at radius 1 is 0.917 bits per heavy atom. The molecule has 0 saturated carbocycles. The molecule has 1 atom stereocenters. The van der Waals surface area contributed by atoms with Gasteiger partial charge in [0, 0.05) is 17.3 Å². The molecule has 0 bridgehead atoms. The highest BCUT2D eigenvalue weighted by molar-refractivity contribution is 6.51. The number of halogens is 2. The van der Waals surface area contributed by atoms with Crippen LogP contribution in [0.5, 0.6) is 17.2 Å². The van der Waals surface area contributed by atoms with Crippen molar-refractivity contribution < 1.29 is 37.7 Å². The molecule has 0 radical (unpaired) electrons. The number of methoxy groups -OCH3 is 2. The number of carbonyl (C=O) groups is 2. The molecule has 1 unspecified atom stereocenters. The number of hydrogen-bond acceptors (Lipinski definition) is 6. The Morgan fingerprint density at radius 3 is 2.25 bits per heavy atom. The number of ketones is 1. The molecule has 1 fully saturated rings. The standard InChI is InChI=1S/C27H23F2NO6/c1-4-36-22-13-16(7-12-21(22)35-3)24-23(25(31)15-5-9-18(34-2)10-6-15)26(32)27(33)30(24)17-8-11-19(28)20(29)14-17/h5-14,24,31H,4H2,1-3H3/b25-23+. The number of rotatable bonds is 7. The highest BCUT2D eigenvalue weighted by Gasteiger charge is 2.47. The first kappa shape index (κ1) is 24.7. The summed E-state index contributed by atoms with van der Waals surface area (Å²) in [6.07, 6.45) is 0. The van der Waals surface area contributed by atoms with Crippen molar-refractivity contribution in [2.45, 2.75) is 13.0 Å². The van der Waals surface area contributed by atoms with Gasteiger partial charge >= 0.3 is 0 Å². The van der Waals surface area contributed by atoms with E-state index in [9.17, 15) is 23.5 Å². The maximum absolute atomic E-state index is 14.1. The normalized spacial score (nSPS) is 16.8. The summed E-state index contributed by atoms with van der Waals surface area (Å²) < 4.78 is 43.9. The van der Waals surface area contributed by atoms with Crippen LogP contribution in [0.3, 0.4) is 0 Å². The van der Waals surface area contributed by atoms with Crippen LogP contribution in [0.4, 0.5) is 14.5 Å². The first-order valence-electron chi connectivity index (χ1n) is 11.0. The van der Waals surface area contributed by atoms with Gasteiger partial charge in [-0.05, 0) is 61.0 Å². The predicted molar refractivity (Wildman–Crippen MR) is 128 cm³/mol. The lowest BCUT2D eigenvalue weighted by Gasteiger charge is -2.26. The van der Waals surface area contributed by atoms with E-state index in [4.69, 9.17) is 14.2 Å². The van der Waals surface area contributed by atoms with Crippen molar-refractivity contribution in [3.8, 4) is 17.2 Å². The fourth-order valence-electron chi connectivity index (χ4n) is 4.09. The van der Waals surface area contributed by atoms with Crippen molar-refractivity contribution in [1.29, 1.82) is 0 Å². The van der Waals surface area contributed by atoms with E-state index in [0.717, 1.165) is 17.0 Å². The fraction of sp³-hybridized carbons (Fsp3) is 0.185. The molecular formula is C27H23F2NO6. The van der Waals surface area contributed by atoms with Gasteiger partial charge in [-0.15, -0.1) is 0 Å². The quantitative estimate of drug-likeness (QED) is 0.282. The van der Waals surface area contributed by atoms with Crippen molar-refractivity contribution >= 4 is 23.1 Å². The van der Waals surface area contributed by atoms with Crippen molar-refractivity contribution in [1.82, 2.24) is 0 Å². The minimum absolute atomic E-state index is 0.0523. The molecule has 3 aromatic rings. The van der Waals surface area contributed by atoms with E-state index in [1.807, 2.05) is 0 Å². The zero-order chi connectivity index (χ0) is 26.0. The average molecular weight is 495 g/mol. The molecule has 0 aliphatic carbocycles. The van der Waals surface area contributed by atoms with E-state index >= 15 is 0 Å². The molecule has 3 aromatic carbocycles. The number of carbonyl (C=O) groups excluding carboxylic acids is 2. The summed E-state index contributed by atoms with van der Waals surface area (Å²) in [6.45, 7) is 2.10. The number of ether oxygens (including phenoxy) is 3. The van der Waals surface area contributed by atoms with Gasteiger partial charge in [0.05, 0.1) is 32.4 Å². The van der Waals surface area contributed by atoms with Crippen LogP contribution in [0.25, 0.3) is 5.76 Å². The predicted octanol–water partition coefficient (Wildman–Crippen LogP) is 5.01. The van der Waals surface area contributed by atoms with Gasteiger partial charge in [-0.2, -0.15) is 0 Å². The number of aliphatic hydroxyl groups is 1. The SMILES string of the molecule is CCOc1cc(C2/C(=C(\O)c3ccc(OC)cc3)C(=O)C(=O)N2c2ccc(F)c(F)c2)ccc1OC. The van der Waals surface area contributed by atoms with Gasteiger partial charge in [0.25, 0.3) is 11.7 Å². The molecule has 7 nitrogen and oxygen atoms in total. The summed E-state index contributed by atoms with van der Waals surface area (Å²) in [5.41, 5.74) is 0.381. The Labute approximate surface area is 206 Å². The van der Waals surface area contributed by atoms with Gasteiger partial charge in [0.1, 0.15) is 11.5 Å². The number of anilines is 1. The van der Waals surface area contributed by atoms with E-state index in [2.05, 4.69) is 0 Å². The number of hydrogen-bond donors (Lipinski definition) is 1. The summed E-state index contributed by atoms with van der Waals surface area (Å²) in [4.78, 5) is 27.5. The maximum atomic E-state index is 14.1. The number of aliphatic hydroxyl groups excluding tert-OH is 1. The second-order valence-electron chi connectivity index (χ2n) is 7.84. The van der Waals surface area contributed by atoms with Crippen LogP contribution in [0, 0.1) is 11.6 Å². The average Bonchev–Trinajstić information content (AvgIpc) is 3.15. The van der Waals surface area contributed by atoms with Gasteiger partial charge in [-0.3, -0.25) is 14.5 Å². The summed E-state index contributed by atoms with van der Waals surface area (Å²) in [6, 6.07) is 12.8. The monoisotopic (exact) mass is 495 g/mol. The van der Waals surface area contributed by atoms with Crippen molar-refractivity contribution in [2.24, 2.45) is 0 Å². The Hall–Kier alpha value is -4.40. The van der Waals surface area contributed by atoms with Crippen LogP contribution in [-0.2, 0) is 9.59 Å². The zero-order valence-electron chi connectivity index (χ0n) is 19.7. The van der Waals surface area contributed by atoms with E-state index in [0.29, 0.717) is 29.4 Å². The number of benzene rings is 3. The smallest absolute Gasteiger partial charge is 0.300 e. The Morgan fingerprint density at radius 2 is 1.64 bits per heavy atom. The molecule has 4 rings (SSSR count). The summed E-state index contributed by atoms with van der Waals surface area (Å²) in [7, 11) is 2.95. The molecule has 1 saturated heterocycles. The topological polar surface area (TPSA) is 85.3 Å². The van der Waals surface area contributed by atoms with Gasteiger partial charge in [-0.25, -0.2) is 8.78 Å². The molecule has 1 amide bonds. The molecule has 0 spiro atoms. The van der Waals surface area contributed by atoms with Crippen LogP contribution in [0.1, 0.15) is 24.1 Å². The number of nitrogens with zero attached hydrogens (tertiary/aromatic N) is 1. The largest absolute Gasteiger partial charge is 0.507 e. The lowest BCUT2D eigenvalue weighted by Crippen LogP contribution is -2.29. The Balaban J connectivity index is 1.95. The lowest BCUT2D eigenvalue weighted by atomic mass is 9.94. The highest BCUT2D eigenvalue weighted by atomic mass is 19.2. The van der Waals surface area contributed by atoms with Crippen LogP contribution in [-0.4, -0.2) is 37.6 Å². The van der Waals surface area contributed by atoms with Crippen molar-refractivity contribution in [2.75, 3.05) is 25.7 Å². The first-order chi connectivity index (χ1) is 17.3. The highest BCUT2D eigenvalue weighted by Crippen LogP contribution is 2.44. The Bertz CT molecular complexity index is 1350. The third-order valence-corrected chi connectivity index (χ3v) is 5.79. The van der Waals surface area contributed by atoms with Crippen LogP contribution >= 0.6 is 0 Å². The van der Waals surface area contributed by atoms with Gasteiger partial charge in [0.15, 0.2) is 23.1 Å². The van der Waals surface area contributed by atoms with Gasteiger partial charge < -0.3 is 19.3 Å². The van der Waals surface area contributed by atoms with Crippen LogP contribution in [0.2, 0.25) is 0 Å². The third-order valence-electron chi connectivity index (χ3n) is 5.79. The van der Waals surface area contributed by atoms with Crippen LogP contribution < -0.4 is 19.1 Å². The summed E-state index contributed by atoms with van der Waals surface area (Å²) in [5.74, 6) is -3.41. The molecule has 1 N–H and O–H groups in total. The van der Waals surface area contributed by atoms with E-state index in [1.165, 1.54) is 32.4 Å². The van der Waals surface area contributed by atoms with E-state index < -0.39 is 35.1 Å². The molecule has 186 valence electrons. The Kier molecular flexibility index (Phi) is 6.91. The molecule has 36 heavy (non-hydrogen) atoms. The molecule has 1 aliphatic heterocycles. The van der Waals surface area contributed by atoms with Crippen LogP contribution in [0.15, 0.2) is 66.2 Å². The van der Waals surface area contributed by atoms with Gasteiger partial charge in [0.2, 0.25) is 0 Å². The number of Topliss-reactive ketones (excluding diaryl/α,β-unsaturated/α-hetero) is 1. The molecule has 9 heteroatoms. The summed E-state index contributed by atoms with van der Waals surface area (Å²) >= 11 is 0. The molecule has 0 aromatic heterocycles. The minimum atomic E-state index is -1.19. The first-order valence-corrected chi connectivity index (χ1v) is 11.0. The summed E-state index contributed by atoms with van der Waals surface area (Å²) in [5, 5.41) is 11.2. The van der Waals surface area contributed by atoms with Crippen molar-refractivity contribution in [3.63, 3.8) is 0 Å². The second-order valence-corrected chi connectivity index (χ2v) is 7.84. The zero-order valence-corrected chi connectivity index (χ0v) is 19.7. The molecule has 1 aliphatic rings. The van der Waals surface area contributed by atoms with Crippen molar-refractivity contribution in [3.05, 3.63) is 89.0 Å². The minimum Gasteiger partial charge on any atom is -0.507 e. The molecule has 1 heterocycles. The second kappa shape index (κ2) is 10.1. The third kappa shape index (κ3) is 4.35. The van der Waals surface area contributed by atoms with Gasteiger partial charge in [-0.1, -0.05) is 6.07 Å².